The Morgan fingerprint density at radius 3 is 2.71 bits per heavy atom. The van der Waals surface area contributed by atoms with E-state index < -0.39 is 16.0 Å². The summed E-state index contributed by atoms with van der Waals surface area (Å²) in [5.74, 6) is -1.18. The molecule has 0 atom stereocenters. The van der Waals surface area contributed by atoms with Crippen LogP contribution in [0.4, 0.5) is 5.13 Å². The first kappa shape index (κ1) is 15.3. The molecule has 0 saturated carbocycles. The Labute approximate surface area is 125 Å². The molecule has 0 aliphatic heterocycles. The lowest BCUT2D eigenvalue weighted by Gasteiger charge is -2.08. The molecular formula is C12H12N2O5S2. The van der Waals surface area contributed by atoms with Gasteiger partial charge < -0.3 is 9.84 Å². The fourth-order valence-electron chi connectivity index (χ4n) is 1.53. The highest BCUT2D eigenvalue weighted by molar-refractivity contribution is 7.93. The van der Waals surface area contributed by atoms with Gasteiger partial charge in [0, 0.05) is 5.38 Å². The number of carbonyl (C=O) groups excluding carboxylic acids is 1. The van der Waals surface area contributed by atoms with Gasteiger partial charge in [0.05, 0.1) is 17.7 Å². The molecule has 1 aromatic carbocycles. The predicted octanol–water partition coefficient (Wildman–Crippen LogP) is 1.74. The smallest absolute Gasteiger partial charge is 0.341 e. The van der Waals surface area contributed by atoms with E-state index in [4.69, 9.17) is 0 Å². The molecule has 2 rings (SSSR count). The maximum atomic E-state index is 12.2. The quantitative estimate of drug-likeness (QED) is 0.828. The minimum atomic E-state index is -3.90. The summed E-state index contributed by atoms with van der Waals surface area (Å²) in [6.07, 6.45) is 0. The summed E-state index contributed by atoms with van der Waals surface area (Å²) in [7, 11) is -2.76. The zero-order chi connectivity index (χ0) is 15.6. The molecule has 0 saturated heterocycles. The van der Waals surface area contributed by atoms with Crippen LogP contribution in [0.15, 0.2) is 28.5 Å². The van der Waals surface area contributed by atoms with E-state index in [-0.39, 0.29) is 21.3 Å². The number of hydrogen-bond acceptors (Lipinski definition) is 7. The van der Waals surface area contributed by atoms with Crippen LogP contribution in [0.5, 0.6) is 5.75 Å². The van der Waals surface area contributed by atoms with Crippen LogP contribution in [0.1, 0.15) is 16.1 Å². The number of aromatic hydroxyl groups is 1. The summed E-state index contributed by atoms with van der Waals surface area (Å²) in [5.41, 5.74) is 0.467. The van der Waals surface area contributed by atoms with Crippen molar-refractivity contribution in [1.29, 1.82) is 0 Å². The number of methoxy groups -OCH3 is 1. The van der Waals surface area contributed by atoms with Gasteiger partial charge in [-0.1, -0.05) is 0 Å². The second-order valence-corrected chi connectivity index (χ2v) is 6.61. The van der Waals surface area contributed by atoms with Crippen LogP contribution in [0.3, 0.4) is 0 Å². The van der Waals surface area contributed by atoms with Gasteiger partial charge in [0.1, 0.15) is 11.3 Å². The van der Waals surface area contributed by atoms with E-state index in [1.807, 2.05) is 0 Å². The highest BCUT2D eigenvalue weighted by Crippen LogP contribution is 2.24. The van der Waals surface area contributed by atoms with E-state index >= 15 is 0 Å². The molecule has 0 amide bonds. The number of benzene rings is 1. The van der Waals surface area contributed by atoms with E-state index in [1.54, 1.807) is 12.3 Å². The molecule has 2 N–H and O–H groups in total. The first-order chi connectivity index (χ1) is 9.83. The highest BCUT2D eigenvalue weighted by atomic mass is 32.2. The average molecular weight is 328 g/mol. The number of thiazole rings is 1. The molecule has 0 aliphatic rings. The summed E-state index contributed by atoms with van der Waals surface area (Å²) >= 11 is 1.15. The highest BCUT2D eigenvalue weighted by Gasteiger charge is 2.20. The zero-order valence-electron chi connectivity index (χ0n) is 11.2. The van der Waals surface area contributed by atoms with E-state index in [0.717, 1.165) is 30.6 Å². The summed E-state index contributed by atoms with van der Waals surface area (Å²) < 4.78 is 31.2. The minimum Gasteiger partial charge on any atom is -0.507 e. The van der Waals surface area contributed by atoms with Crippen molar-refractivity contribution in [1.82, 2.24) is 4.98 Å². The van der Waals surface area contributed by atoms with Crippen molar-refractivity contribution in [3.8, 4) is 5.75 Å². The number of hydrogen-bond donors (Lipinski definition) is 2. The Bertz CT molecular complexity index is 783. The lowest BCUT2D eigenvalue weighted by atomic mass is 10.2. The SMILES string of the molecule is COC(=O)c1cc(S(=O)(=O)Nc2nc(C)cs2)ccc1O. The van der Waals surface area contributed by atoms with Crippen molar-refractivity contribution in [3.05, 3.63) is 34.8 Å². The standard InChI is InChI=1S/C12H12N2O5S2/c1-7-6-20-12(13-7)14-21(17,18)8-3-4-10(15)9(5-8)11(16)19-2/h3-6,15H,1-2H3,(H,13,14). The van der Waals surface area contributed by atoms with Gasteiger partial charge in [0.25, 0.3) is 10.0 Å². The van der Waals surface area contributed by atoms with Crippen molar-refractivity contribution in [2.75, 3.05) is 11.8 Å². The van der Waals surface area contributed by atoms with E-state index in [9.17, 15) is 18.3 Å². The van der Waals surface area contributed by atoms with Crippen molar-refractivity contribution in [2.45, 2.75) is 11.8 Å². The number of esters is 1. The monoisotopic (exact) mass is 328 g/mol. The zero-order valence-corrected chi connectivity index (χ0v) is 12.8. The van der Waals surface area contributed by atoms with Gasteiger partial charge in [0.2, 0.25) is 0 Å². The van der Waals surface area contributed by atoms with Crippen molar-refractivity contribution in [2.24, 2.45) is 0 Å². The van der Waals surface area contributed by atoms with Gasteiger partial charge in [-0.3, -0.25) is 4.72 Å². The Morgan fingerprint density at radius 2 is 2.14 bits per heavy atom. The third-order valence-corrected chi connectivity index (χ3v) is 4.87. The second-order valence-electron chi connectivity index (χ2n) is 4.07. The molecule has 0 spiro atoms. The molecule has 2 aromatic rings. The number of anilines is 1. The predicted molar refractivity (Wildman–Crippen MR) is 77.1 cm³/mol. The number of ether oxygens (including phenoxy) is 1. The van der Waals surface area contributed by atoms with Crippen LogP contribution >= 0.6 is 11.3 Å². The Morgan fingerprint density at radius 1 is 1.43 bits per heavy atom. The van der Waals surface area contributed by atoms with Gasteiger partial charge in [0.15, 0.2) is 5.13 Å². The Kier molecular flexibility index (Phi) is 4.14. The van der Waals surface area contributed by atoms with Gasteiger partial charge in [-0.25, -0.2) is 18.2 Å². The summed E-state index contributed by atoms with van der Waals surface area (Å²) in [4.78, 5) is 15.3. The van der Waals surface area contributed by atoms with Crippen molar-refractivity contribution in [3.63, 3.8) is 0 Å². The molecular weight excluding hydrogens is 316 g/mol. The number of rotatable bonds is 4. The lowest BCUT2D eigenvalue weighted by Crippen LogP contribution is -2.14. The third kappa shape index (κ3) is 3.31. The van der Waals surface area contributed by atoms with E-state index in [1.165, 1.54) is 6.07 Å². The number of phenols is 1. The van der Waals surface area contributed by atoms with Gasteiger partial charge in [-0.15, -0.1) is 11.3 Å². The number of phenolic OH excluding ortho intramolecular Hbond substituents is 1. The minimum absolute atomic E-state index is 0.173. The molecule has 0 aliphatic carbocycles. The van der Waals surface area contributed by atoms with Crippen LogP contribution in [0.25, 0.3) is 0 Å². The van der Waals surface area contributed by atoms with Gasteiger partial charge in [-0.2, -0.15) is 0 Å². The topological polar surface area (TPSA) is 106 Å². The molecule has 0 fully saturated rings. The fourth-order valence-corrected chi connectivity index (χ4v) is 3.50. The van der Waals surface area contributed by atoms with Gasteiger partial charge in [-0.05, 0) is 25.1 Å². The molecule has 0 unspecified atom stereocenters. The van der Waals surface area contributed by atoms with Crippen LogP contribution in [0.2, 0.25) is 0 Å². The van der Waals surface area contributed by atoms with E-state index in [2.05, 4.69) is 14.4 Å². The first-order valence-electron chi connectivity index (χ1n) is 5.70. The van der Waals surface area contributed by atoms with Crippen LogP contribution < -0.4 is 4.72 Å². The summed E-state index contributed by atoms with van der Waals surface area (Å²) in [5, 5.41) is 11.5. The van der Waals surface area contributed by atoms with Crippen LogP contribution in [-0.2, 0) is 14.8 Å². The number of aromatic nitrogens is 1. The summed E-state index contributed by atoms with van der Waals surface area (Å²) in [6, 6.07) is 3.35. The number of sulfonamides is 1. The molecule has 7 nitrogen and oxygen atoms in total. The molecule has 112 valence electrons. The maximum absolute atomic E-state index is 12.2. The summed E-state index contributed by atoms with van der Waals surface area (Å²) in [6.45, 7) is 1.74. The molecule has 1 aromatic heterocycles. The second kappa shape index (κ2) is 5.70. The number of nitrogens with zero attached hydrogens (tertiary/aromatic N) is 1. The molecule has 0 radical (unpaired) electrons. The van der Waals surface area contributed by atoms with Crippen molar-refractivity contribution >= 4 is 32.5 Å². The Hall–Kier alpha value is -2.13. The largest absolute Gasteiger partial charge is 0.507 e. The third-order valence-electron chi connectivity index (χ3n) is 2.52. The molecule has 0 bridgehead atoms. The van der Waals surface area contributed by atoms with Crippen LogP contribution in [-0.4, -0.2) is 31.6 Å². The lowest BCUT2D eigenvalue weighted by molar-refractivity contribution is 0.0597. The fraction of sp³-hybridized carbons (Fsp3) is 0.167. The maximum Gasteiger partial charge on any atom is 0.341 e. The molecule has 9 heteroatoms. The molecule has 21 heavy (non-hydrogen) atoms. The number of nitrogens with one attached hydrogen (secondary N) is 1. The normalized spacial score (nSPS) is 11.1. The number of carbonyl (C=O) groups is 1. The first-order valence-corrected chi connectivity index (χ1v) is 8.06. The number of aryl methyl sites for hydroxylation is 1. The van der Waals surface area contributed by atoms with E-state index in [0.29, 0.717) is 5.69 Å². The average Bonchev–Trinajstić information content (AvgIpc) is 2.82. The van der Waals surface area contributed by atoms with Crippen LogP contribution in [0, 0.1) is 6.92 Å². The van der Waals surface area contributed by atoms with Crippen molar-refractivity contribution < 1.29 is 23.1 Å². The van der Waals surface area contributed by atoms with Gasteiger partial charge >= 0.3 is 5.97 Å². The molecule has 1 heterocycles. The Balaban J connectivity index is 2.38.